The van der Waals surface area contributed by atoms with Gasteiger partial charge in [-0.3, -0.25) is 14.9 Å². The van der Waals surface area contributed by atoms with Gasteiger partial charge in [0.2, 0.25) is 17.8 Å². The third-order valence-corrected chi connectivity index (χ3v) is 4.59. The van der Waals surface area contributed by atoms with Gasteiger partial charge in [0.15, 0.2) is 0 Å². The largest absolute Gasteiger partial charge is 0.347 e. The molecule has 2 aromatic heterocycles. The molecule has 0 aliphatic heterocycles. The lowest BCUT2D eigenvalue weighted by Gasteiger charge is -2.08. The fraction of sp³-hybridized carbons (Fsp3) is 0.500. The van der Waals surface area contributed by atoms with Crippen LogP contribution in [0, 0.1) is 13.8 Å². The number of carbonyl (C=O) groups excluding carboxylic acids is 2. The number of carbonyl (C=O) groups is 2. The van der Waals surface area contributed by atoms with Crippen molar-refractivity contribution in [2.75, 3.05) is 19.4 Å². The molecule has 8 heteroatoms. The fourth-order valence-electron chi connectivity index (χ4n) is 2.27. The van der Waals surface area contributed by atoms with Gasteiger partial charge in [-0.25, -0.2) is 9.67 Å². The first-order valence-electron chi connectivity index (χ1n) is 7.80. The summed E-state index contributed by atoms with van der Waals surface area (Å²) in [5.41, 5.74) is 1.31. The zero-order valence-corrected chi connectivity index (χ0v) is 15.3. The van der Waals surface area contributed by atoms with Gasteiger partial charge >= 0.3 is 0 Å². The summed E-state index contributed by atoms with van der Waals surface area (Å²) in [5.74, 6) is 0.0320. The van der Waals surface area contributed by atoms with Crippen molar-refractivity contribution in [3.05, 3.63) is 27.7 Å². The Balaban J connectivity index is 1.77. The number of amides is 2. The first-order chi connectivity index (χ1) is 11.3. The normalized spacial score (nSPS) is 10.7. The number of thiophene rings is 1. The maximum atomic E-state index is 12.0. The fourth-order valence-corrected chi connectivity index (χ4v) is 3.24. The van der Waals surface area contributed by atoms with E-state index in [0.29, 0.717) is 6.42 Å². The van der Waals surface area contributed by atoms with Crippen LogP contribution in [0.15, 0.2) is 12.4 Å². The molecule has 7 nitrogen and oxygen atoms in total. The van der Waals surface area contributed by atoms with Crippen molar-refractivity contribution in [3.63, 3.8) is 0 Å². The number of aromatic nitrogens is 3. The summed E-state index contributed by atoms with van der Waals surface area (Å²) < 4.78 is 1.41. The van der Waals surface area contributed by atoms with E-state index in [4.69, 9.17) is 0 Å². The Hall–Kier alpha value is -2.22. The molecule has 0 aliphatic rings. The molecule has 0 bridgehead atoms. The summed E-state index contributed by atoms with van der Waals surface area (Å²) >= 11 is 1.79. The second kappa shape index (κ2) is 8.05. The first-order valence-corrected chi connectivity index (χ1v) is 8.62. The van der Waals surface area contributed by atoms with Gasteiger partial charge in [-0.15, -0.1) is 16.4 Å². The third kappa shape index (κ3) is 5.16. The molecule has 2 amide bonds. The Morgan fingerprint density at radius 1 is 1.33 bits per heavy atom. The molecule has 2 aromatic rings. The highest BCUT2D eigenvalue weighted by Gasteiger charge is 2.10. The van der Waals surface area contributed by atoms with E-state index in [-0.39, 0.29) is 24.3 Å². The van der Waals surface area contributed by atoms with Gasteiger partial charge in [0.1, 0.15) is 12.9 Å². The Bertz CT molecular complexity index is 720. The lowest BCUT2D eigenvalue weighted by atomic mass is 10.1. The lowest BCUT2D eigenvalue weighted by molar-refractivity contribution is -0.129. The van der Waals surface area contributed by atoms with Crippen LogP contribution in [0.4, 0.5) is 5.95 Å². The molecule has 0 atom stereocenters. The van der Waals surface area contributed by atoms with Crippen LogP contribution < -0.4 is 5.32 Å². The molecule has 0 saturated carbocycles. The van der Waals surface area contributed by atoms with Crippen LogP contribution in [-0.4, -0.2) is 45.6 Å². The molecule has 0 saturated heterocycles. The van der Waals surface area contributed by atoms with Crippen LogP contribution in [0.2, 0.25) is 0 Å². The molecule has 0 aliphatic carbocycles. The van der Waals surface area contributed by atoms with E-state index < -0.39 is 0 Å². The van der Waals surface area contributed by atoms with Gasteiger partial charge in [-0.1, -0.05) is 0 Å². The second-order valence-electron chi connectivity index (χ2n) is 5.89. The van der Waals surface area contributed by atoms with E-state index in [2.05, 4.69) is 35.3 Å². The number of nitrogens with one attached hydrogen (secondary N) is 1. The van der Waals surface area contributed by atoms with Crippen LogP contribution in [0.5, 0.6) is 0 Å². The summed E-state index contributed by atoms with van der Waals surface area (Å²) in [7, 11) is 3.36. The van der Waals surface area contributed by atoms with Crippen LogP contribution in [0.3, 0.4) is 0 Å². The predicted molar refractivity (Wildman–Crippen MR) is 94.1 cm³/mol. The molecular weight excluding hydrogens is 326 g/mol. The maximum Gasteiger partial charge on any atom is 0.248 e. The average Bonchev–Trinajstić information content (AvgIpc) is 3.05. The smallest absolute Gasteiger partial charge is 0.248 e. The summed E-state index contributed by atoms with van der Waals surface area (Å²) in [6.07, 6.45) is 3.53. The number of aryl methyl sites for hydroxylation is 3. The van der Waals surface area contributed by atoms with Crippen molar-refractivity contribution in [2.24, 2.45) is 0 Å². The minimum Gasteiger partial charge on any atom is -0.347 e. The molecule has 0 fully saturated rings. The molecular formula is C16H23N5O2S. The Morgan fingerprint density at radius 3 is 2.71 bits per heavy atom. The molecule has 1 N–H and O–H groups in total. The lowest BCUT2D eigenvalue weighted by Crippen LogP contribution is -2.26. The molecule has 2 heterocycles. The zero-order valence-electron chi connectivity index (χ0n) is 14.5. The number of hydrogen-bond acceptors (Lipinski definition) is 5. The quantitative estimate of drug-likeness (QED) is 0.829. The highest BCUT2D eigenvalue weighted by atomic mass is 32.1. The number of hydrogen-bond donors (Lipinski definition) is 1. The SMILES string of the molecule is Cc1cc(CCCC(=O)Nc2ncn(CC(=O)N(C)C)n2)c(C)s1. The average molecular weight is 349 g/mol. The first kappa shape index (κ1) is 18.1. The van der Waals surface area contributed by atoms with E-state index in [1.165, 1.54) is 31.2 Å². The van der Waals surface area contributed by atoms with E-state index in [0.717, 1.165) is 12.8 Å². The van der Waals surface area contributed by atoms with Crippen molar-refractivity contribution in [1.82, 2.24) is 19.7 Å². The van der Waals surface area contributed by atoms with Crippen molar-refractivity contribution < 1.29 is 9.59 Å². The number of anilines is 1. The van der Waals surface area contributed by atoms with Gasteiger partial charge in [0.25, 0.3) is 0 Å². The second-order valence-corrected chi connectivity index (χ2v) is 7.35. The van der Waals surface area contributed by atoms with Crippen LogP contribution in [0.25, 0.3) is 0 Å². The topological polar surface area (TPSA) is 80.1 Å². The monoisotopic (exact) mass is 349 g/mol. The van der Waals surface area contributed by atoms with Crippen molar-refractivity contribution in [3.8, 4) is 0 Å². The molecule has 130 valence electrons. The van der Waals surface area contributed by atoms with E-state index in [9.17, 15) is 9.59 Å². The van der Waals surface area contributed by atoms with Crippen molar-refractivity contribution in [1.29, 1.82) is 0 Å². The van der Waals surface area contributed by atoms with Crippen LogP contribution in [-0.2, 0) is 22.6 Å². The van der Waals surface area contributed by atoms with E-state index >= 15 is 0 Å². The Labute approximate surface area is 145 Å². The third-order valence-electron chi connectivity index (χ3n) is 3.58. The van der Waals surface area contributed by atoms with Crippen molar-refractivity contribution >= 4 is 29.1 Å². The molecule has 2 rings (SSSR count). The standard InChI is InChI=1S/C16H23N5O2S/c1-11-8-13(12(2)24-11)6-5-7-14(22)18-16-17-10-21(19-16)9-15(23)20(3)4/h8,10H,5-7,9H2,1-4H3,(H,18,19,22). The van der Waals surface area contributed by atoms with E-state index in [1.54, 1.807) is 25.4 Å². The summed E-state index contributed by atoms with van der Waals surface area (Å²) in [6, 6.07) is 2.18. The predicted octanol–water partition coefficient (Wildman–Crippen LogP) is 2.01. The van der Waals surface area contributed by atoms with Gasteiger partial charge < -0.3 is 4.90 Å². The molecule has 0 aromatic carbocycles. The minimum absolute atomic E-state index is 0.0841. The Kier molecular flexibility index (Phi) is 6.08. The highest BCUT2D eigenvalue weighted by Crippen LogP contribution is 2.22. The summed E-state index contributed by atoms with van der Waals surface area (Å²) in [4.78, 5) is 31.7. The van der Waals surface area contributed by atoms with Crippen LogP contribution in [0.1, 0.15) is 28.2 Å². The number of nitrogens with zero attached hydrogens (tertiary/aromatic N) is 4. The summed E-state index contributed by atoms with van der Waals surface area (Å²) in [6.45, 7) is 4.31. The minimum atomic E-state index is -0.115. The van der Waals surface area contributed by atoms with Gasteiger partial charge in [-0.2, -0.15) is 0 Å². The molecule has 0 unspecified atom stereocenters. The van der Waals surface area contributed by atoms with Gasteiger partial charge in [-0.05, 0) is 38.3 Å². The van der Waals surface area contributed by atoms with Gasteiger partial charge in [0.05, 0.1) is 0 Å². The zero-order chi connectivity index (χ0) is 17.7. The summed E-state index contributed by atoms with van der Waals surface area (Å²) in [5, 5.41) is 6.75. The van der Waals surface area contributed by atoms with Crippen LogP contribution >= 0.6 is 11.3 Å². The molecule has 24 heavy (non-hydrogen) atoms. The molecule has 0 spiro atoms. The number of rotatable bonds is 7. The maximum absolute atomic E-state index is 12.0. The van der Waals surface area contributed by atoms with Crippen molar-refractivity contribution in [2.45, 2.75) is 39.7 Å². The Morgan fingerprint density at radius 2 is 2.08 bits per heavy atom. The van der Waals surface area contributed by atoms with E-state index in [1.807, 2.05) is 0 Å². The van der Waals surface area contributed by atoms with Gasteiger partial charge in [0, 0.05) is 30.3 Å². The highest BCUT2D eigenvalue weighted by molar-refractivity contribution is 7.12. The number of likely N-dealkylation sites (N-methyl/N-ethyl adjacent to an activating group) is 1. The molecule has 0 radical (unpaired) electrons.